The van der Waals surface area contributed by atoms with E-state index in [1.54, 1.807) is 14.2 Å². The quantitative estimate of drug-likeness (QED) is 0.283. The van der Waals surface area contributed by atoms with Crippen LogP contribution >= 0.6 is 24.0 Å². The largest absolute Gasteiger partial charge is 0.497 e. The van der Waals surface area contributed by atoms with Gasteiger partial charge in [-0.2, -0.15) is 0 Å². The second kappa shape index (κ2) is 12.6. The fraction of sp³-hybridized carbons (Fsp3) is 0.696. The summed E-state index contributed by atoms with van der Waals surface area (Å²) in [6.07, 6.45) is 4.83. The molecule has 7 nitrogen and oxygen atoms in total. The Morgan fingerprint density at radius 3 is 2.19 bits per heavy atom. The Bertz CT molecular complexity index is 679. The highest BCUT2D eigenvalue weighted by Crippen LogP contribution is 2.34. The Morgan fingerprint density at radius 2 is 1.71 bits per heavy atom. The van der Waals surface area contributed by atoms with Gasteiger partial charge in [0, 0.05) is 55.6 Å². The maximum Gasteiger partial charge on any atom is 0.191 e. The first kappa shape index (κ1) is 25.8. The minimum absolute atomic E-state index is 0. The predicted molar refractivity (Wildman–Crippen MR) is 140 cm³/mol. The molecule has 1 aliphatic carbocycles. The van der Waals surface area contributed by atoms with E-state index in [-0.39, 0.29) is 24.0 Å². The van der Waals surface area contributed by atoms with Crippen LogP contribution in [0.3, 0.4) is 0 Å². The van der Waals surface area contributed by atoms with Crippen LogP contribution in [0.25, 0.3) is 0 Å². The van der Waals surface area contributed by atoms with Gasteiger partial charge < -0.3 is 29.9 Å². The van der Waals surface area contributed by atoms with E-state index in [4.69, 9.17) is 14.5 Å². The molecule has 1 saturated carbocycles. The van der Waals surface area contributed by atoms with Crippen LogP contribution in [0.2, 0.25) is 0 Å². The van der Waals surface area contributed by atoms with Crippen LogP contribution in [0, 0.1) is 5.92 Å². The van der Waals surface area contributed by atoms with Crippen molar-refractivity contribution in [2.24, 2.45) is 10.9 Å². The van der Waals surface area contributed by atoms with E-state index in [1.807, 2.05) is 6.07 Å². The molecule has 1 aromatic carbocycles. The van der Waals surface area contributed by atoms with Gasteiger partial charge in [-0.25, -0.2) is 0 Å². The second-order valence-corrected chi connectivity index (χ2v) is 8.56. The van der Waals surface area contributed by atoms with E-state index in [0.717, 1.165) is 68.1 Å². The molecule has 1 aliphatic heterocycles. The topological polar surface area (TPSA) is 61.4 Å². The number of nitrogens with zero attached hydrogens (tertiary/aromatic N) is 3. The van der Waals surface area contributed by atoms with E-state index in [2.05, 4.69) is 53.6 Å². The lowest BCUT2D eigenvalue weighted by Gasteiger charge is -2.35. The van der Waals surface area contributed by atoms with Gasteiger partial charge in [0.15, 0.2) is 5.96 Å². The smallest absolute Gasteiger partial charge is 0.191 e. The van der Waals surface area contributed by atoms with Crippen molar-refractivity contribution in [2.45, 2.75) is 44.7 Å². The zero-order valence-electron chi connectivity index (χ0n) is 19.7. The molecule has 0 amide bonds. The summed E-state index contributed by atoms with van der Waals surface area (Å²) in [6, 6.07) is 7.07. The number of piperidine rings is 1. The first-order valence-corrected chi connectivity index (χ1v) is 11.2. The number of nitrogens with one attached hydrogen (secondary N) is 2. The van der Waals surface area contributed by atoms with E-state index in [0.29, 0.717) is 12.1 Å². The number of benzene rings is 1. The minimum atomic E-state index is 0. The first-order chi connectivity index (χ1) is 14.5. The van der Waals surface area contributed by atoms with Crippen molar-refractivity contribution in [2.75, 3.05) is 59.4 Å². The maximum absolute atomic E-state index is 5.43. The van der Waals surface area contributed by atoms with Gasteiger partial charge in [0.1, 0.15) is 11.5 Å². The van der Waals surface area contributed by atoms with Crippen LogP contribution in [0.1, 0.15) is 32.6 Å². The summed E-state index contributed by atoms with van der Waals surface area (Å²) in [5.41, 5.74) is 1.16. The fourth-order valence-electron chi connectivity index (χ4n) is 4.17. The zero-order valence-corrected chi connectivity index (χ0v) is 22.0. The Balaban J connectivity index is 0.00000341. The Hall–Kier alpha value is -1.42. The third kappa shape index (κ3) is 7.59. The number of ether oxygens (including phenoxy) is 2. The molecule has 0 radical (unpaired) electrons. The van der Waals surface area contributed by atoms with Crippen LogP contribution in [0.15, 0.2) is 23.2 Å². The van der Waals surface area contributed by atoms with E-state index in [1.165, 1.54) is 12.8 Å². The van der Waals surface area contributed by atoms with Gasteiger partial charge >= 0.3 is 0 Å². The van der Waals surface area contributed by atoms with Gasteiger partial charge in [0.25, 0.3) is 0 Å². The molecule has 176 valence electrons. The first-order valence-electron chi connectivity index (χ1n) is 11.2. The van der Waals surface area contributed by atoms with Crippen molar-refractivity contribution in [3.05, 3.63) is 18.2 Å². The third-order valence-electron chi connectivity index (χ3n) is 6.15. The van der Waals surface area contributed by atoms with Crippen molar-refractivity contribution in [1.29, 1.82) is 0 Å². The summed E-state index contributed by atoms with van der Waals surface area (Å²) in [5.74, 6) is 3.43. The molecule has 31 heavy (non-hydrogen) atoms. The molecule has 0 aromatic heterocycles. The molecular formula is C23H40IN5O2. The number of guanidine groups is 1. The highest BCUT2D eigenvalue weighted by atomic mass is 127. The highest BCUT2D eigenvalue weighted by molar-refractivity contribution is 14.0. The summed E-state index contributed by atoms with van der Waals surface area (Å²) < 4.78 is 10.9. The van der Waals surface area contributed by atoms with Crippen LogP contribution in [-0.2, 0) is 0 Å². The van der Waals surface area contributed by atoms with Crippen LogP contribution in [-0.4, -0.2) is 77.4 Å². The Morgan fingerprint density at radius 1 is 1.10 bits per heavy atom. The second-order valence-electron chi connectivity index (χ2n) is 8.56. The maximum atomic E-state index is 5.43. The van der Waals surface area contributed by atoms with Gasteiger partial charge in [-0.05, 0) is 52.6 Å². The van der Waals surface area contributed by atoms with Gasteiger partial charge in [-0.1, -0.05) is 0 Å². The molecule has 3 rings (SSSR count). The summed E-state index contributed by atoms with van der Waals surface area (Å²) in [4.78, 5) is 9.65. The average Bonchev–Trinajstić information content (AvgIpc) is 3.59. The van der Waals surface area contributed by atoms with Gasteiger partial charge in [-0.3, -0.25) is 4.99 Å². The molecule has 1 aromatic rings. The number of hydrogen-bond acceptors (Lipinski definition) is 5. The van der Waals surface area contributed by atoms with E-state index < -0.39 is 0 Å². The molecular weight excluding hydrogens is 505 g/mol. The van der Waals surface area contributed by atoms with Gasteiger partial charge in [-0.15, -0.1) is 24.0 Å². The van der Waals surface area contributed by atoms with Crippen molar-refractivity contribution in [1.82, 2.24) is 15.5 Å². The molecule has 2 aliphatic rings. The molecule has 1 heterocycles. The molecule has 2 N–H and O–H groups in total. The molecule has 2 fully saturated rings. The molecule has 0 bridgehead atoms. The monoisotopic (exact) mass is 545 g/mol. The Kier molecular flexibility index (Phi) is 10.5. The van der Waals surface area contributed by atoms with Crippen molar-refractivity contribution >= 4 is 35.6 Å². The molecule has 8 heteroatoms. The van der Waals surface area contributed by atoms with Crippen LogP contribution in [0.5, 0.6) is 11.5 Å². The highest BCUT2D eigenvalue weighted by Gasteiger charge is 2.32. The van der Waals surface area contributed by atoms with Crippen LogP contribution in [0.4, 0.5) is 5.69 Å². The van der Waals surface area contributed by atoms with E-state index >= 15 is 0 Å². The summed E-state index contributed by atoms with van der Waals surface area (Å²) >= 11 is 0. The molecule has 1 atom stereocenters. The van der Waals surface area contributed by atoms with Gasteiger partial charge in [0.2, 0.25) is 0 Å². The number of anilines is 1. The lowest BCUT2D eigenvalue weighted by molar-refractivity contribution is 0.271. The summed E-state index contributed by atoms with van der Waals surface area (Å²) in [5, 5.41) is 7.10. The predicted octanol–water partition coefficient (Wildman–Crippen LogP) is 3.19. The lowest BCUT2D eigenvalue weighted by atomic mass is 10.0. The minimum Gasteiger partial charge on any atom is -0.497 e. The average molecular weight is 546 g/mol. The van der Waals surface area contributed by atoms with Crippen LogP contribution < -0.4 is 25.0 Å². The normalized spacial score (nSPS) is 18.4. The van der Waals surface area contributed by atoms with Crippen molar-refractivity contribution in [3.8, 4) is 11.5 Å². The van der Waals surface area contributed by atoms with Gasteiger partial charge in [0.05, 0.1) is 20.8 Å². The number of aliphatic imine (C=N–C) groups is 1. The standard InChI is InChI=1S/C23H39N5O2.HI/c1-6-24-23(25-16-22(27(2)3)17-7-8-17)26-18-9-11-28(12-10-18)19-13-20(29-4)15-21(14-19)30-5;/h13-15,17-18,22H,6-12,16H2,1-5H3,(H2,24,25,26);1H. The molecule has 0 spiro atoms. The molecule has 1 unspecified atom stereocenters. The van der Waals surface area contributed by atoms with Crippen molar-refractivity contribution in [3.63, 3.8) is 0 Å². The zero-order chi connectivity index (χ0) is 21.5. The SMILES string of the molecule is CCNC(=NCC(C1CC1)N(C)C)NC1CCN(c2cc(OC)cc(OC)c2)CC1.I. The number of halogens is 1. The Labute approximate surface area is 205 Å². The summed E-state index contributed by atoms with van der Waals surface area (Å²) in [6.45, 7) is 5.85. The number of rotatable bonds is 9. The number of methoxy groups -OCH3 is 2. The lowest BCUT2D eigenvalue weighted by Crippen LogP contribution is -2.49. The summed E-state index contributed by atoms with van der Waals surface area (Å²) in [7, 11) is 7.73. The third-order valence-corrected chi connectivity index (χ3v) is 6.15. The van der Waals surface area contributed by atoms with Crippen molar-refractivity contribution < 1.29 is 9.47 Å². The number of likely N-dealkylation sites (N-methyl/N-ethyl adjacent to an activating group) is 1. The molecule has 1 saturated heterocycles. The van der Waals surface area contributed by atoms with E-state index in [9.17, 15) is 0 Å². The number of hydrogen-bond donors (Lipinski definition) is 2. The fourth-order valence-corrected chi connectivity index (χ4v) is 4.17.